The van der Waals surface area contributed by atoms with E-state index in [4.69, 9.17) is 0 Å². The quantitative estimate of drug-likeness (QED) is 0.867. The highest BCUT2D eigenvalue weighted by atomic mass is 32.2. The van der Waals surface area contributed by atoms with Gasteiger partial charge in [-0.25, -0.2) is 5.10 Å². The highest BCUT2D eigenvalue weighted by Crippen LogP contribution is 2.11. The predicted molar refractivity (Wildman–Crippen MR) is 68.0 cm³/mol. The second kappa shape index (κ2) is 5.49. The van der Waals surface area contributed by atoms with Crippen LogP contribution in [0.15, 0.2) is 30.6 Å². The van der Waals surface area contributed by atoms with Gasteiger partial charge in [0.1, 0.15) is 6.33 Å². The van der Waals surface area contributed by atoms with Crippen molar-refractivity contribution in [3.63, 3.8) is 0 Å². The number of carbonyl (C=O) groups excluding carboxylic acids is 1. The second-order valence-corrected chi connectivity index (χ2v) is 4.28. The largest absolute Gasteiger partial charge is 0.291 e. The molecule has 0 aliphatic carbocycles. The van der Waals surface area contributed by atoms with Crippen LogP contribution in [0, 0.1) is 0 Å². The van der Waals surface area contributed by atoms with E-state index in [1.165, 1.54) is 11.9 Å². The van der Waals surface area contributed by atoms with Crippen LogP contribution < -0.4 is 5.32 Å². The summed E-state index contributed by atoms with van der Waals surface area (Å²) in [5, 5.41) is 8.84. The fraction of sp³-hybridized carbons (Fsp3) is 0.182. The first kappa shape index (κ1) is 11.7. The molecule has 17 heavy (non-hydrogen) atoms. The summed E-state index contributed by atoms with van der Waals surface area (Å²) in [6.45, 7) is 0. The van der Waals surface area contributed by atoms with E-state index in [9.17, 15) is 4.79 Å². The SMILES string of the molecule is CSCc1ccc(C(=O)Nc2ncn[nH]2)cc1. The van der Waals surface area contributed by atoms with Gasteiger partial charge in [-0.2, -0.15) is 21.8 Å². The summed E-state index contributed by atoms with van der Waals surface area (Å²) in [4.78, 5) is 15.6. The van der Waals surface area contributed by atoms with Gasteiger partial charge >= 0.3 is 0 Å². The number of nitrogens with one attached hydrogen (secondary N) is 2. The minimum atomic E-state index is -0.197. The number of amides is 1. The van der Waals surface area contributed by atoms with Gasteiger partial charge in [0.05, 0.1) is 0 Å². The zero-order valence-corrected chi connectivity index (χ0v) is 10.1. The molecule has 1 amide bonds. The Bertz CT molecular complexity index is 481. The van der Waals surface area contributed by atoms with Crippen LogP contribution in [0.1, 0.15) is 15.9 Å². The van der Waals surface area contributed by atoms with Gasteiger partial charge in [0, 0.05) is 11.3 Å². The molecule has 6 heteroatoms. The highest BCUT2D eigenvalue weighted by molar-refractivity contribution is 7.97. The minimum Gasteiger partial charge on any atom is -0.291 e. The molecule has 0 aliphatic heterocycles. The molecule has 0 saturated heterocycles. The van der Waals surface area contributed by atoms with Crippen LogP contribution in [0.5, 0.6) is 0 Å². The average molecular weight is 248 g/mol. The van der Waals surface area contributed by atoms with E-state index in [0.29, 0.717) is 11.5 Å². The smallest absolute Gasteiger partial charge is 0.258 e. The van der Waals surface area contributed by atoms with Crippen molar-refractivity contribution >= 4 is 23.6 Å². The number of H-pyrrole nitrogens is 1. The molecule has 0 spiro atoms. The van der Waals surface area contributed by atoms with Crippen LogP contribution >= 0.6 is 11.8 Å². The monoisotopic (exact) mass is 248 g/mol. The first-order valence-electron chi connectivity index (χ1n) is 5.04. The number of hydrogen-bond donors (Lipinski definition) is 2. The Kier molecular flexibility index (Phi) is 3.77. The number of aromatic nitrogens is 3. The molecule has 0 atom stereocenters. The van der Waals surface area contributed by atoms with Crippen LogP contribution in [0.25, 0.3) is 0 Å². The van der Waals surface area contributed by atoms with Crippen LogP contribution in [-0.4, -0.2) is 27.3 Å². The number of nitrogens with zero attached hydrogens (tertiary/aromatic N) is 2. The molecule has 2 rings (SSSR count). The molecule has 0 bridgehead atoms. The van der Waals surface area contributed by atoms with Crippen molar-refractivity contribution < 1.29 is 4.79 Å². The number of benzene rings is 1. The van der Waals surface area contributed by atoms with E-state index in [-0.39, 0.29) is 5.91 Å². The lowest BCUT2D eigenvalue weighted by atomic mass is 10.1. The maximum absolute atomic E-state index is 11.8. The Balaban J connectivity index is 2.04. The number of hydrogen-bond acceptors (Lipinski definition) is 4. The lowest BCUT2D eigenvalue weighted by Crippen LogP contribution is -2.12. The van der Waals surface area contributed by atoms with Crippen LogP contribution in [0.2, 0.25) is 0 Å². The van der Waals surface area contributed by atoms with Crippen molar-refractivity contribution in [1.29, 1.82) is 0 Å². The fourth-order valence-corrected chi connectivity index (χ4v) is 1.89. The molecular formula is C11H12N4OS. The number of aromatic amines is 1. The van der Waals surface area contributed by atoms with Crippen molar-refractivity contribution in [1.82, 2.24) is 15.2 Å². The van der Waals surface area contributed by atoms with Gasteiger partial charge in [0.15, 0.2) is 0 Å². The Morgan fingerprint density at radius 3 is 2.76 bits per heavy atom. The van der Waals surface area contributed by atoms with Crippen LogP contribution in [0.4, 0.5) is 5.95 Å². The molecule has 1 aromatic heterocycles. The summed E-state index contributed by atoms with van der Waals surface area (Å²) in [5.41, 5.74) is 1.81. The summed E-state index contributed by atoms with van der Waals surface area (Å²) >= 11 is 1.75. The number of anilines is 1. The van der Waals surface area contributed by atoms with Gasteiger partial charge in [0.2, 0.25) is 5.95 Å². The Hall–Kier alpha value is -1.82. The van der Waals surface area contributed by atoms with Crippen LogP contribution in [-0.2, 0) is 5.75 Å². The van der Waals surface area contributed by atoms with Crippen molar-refractivity contribution in [3.05, 3.63) is 41.7 Å². The lowest BCUT2D eigenvalue weighted by molar-refractivity contribution is 0.102. The summed E-state index contributed by atoms with van der Waals surface area (Å²) in [6.07, 6.45) is 3.39. The Morgan fingerprint density at radius 1 is 1.41 bits per heavy atom. The summed E-state index contributed by atoms with van der Waals surface area (Å²) in [6, 6.07) is 7.51. The van der Waals surface area contributed by atoms with Crippen molar-refractivity contribution in [3.8, 4) is 0 Å². The minimum absolute atomic E-state index is 0.197. The van der Waals surface area contributed by atoms with Crippen molar-refractivity contribution in [2.24, 2.45) is 0 Å². The van der Waals surface area contributed by atoms with E-state index in [1.807, 2.05) is 18.4 Å². The molecule has 0 saturated carbocycles. The van der Waals surface area contributed by atoms with E-state index in [2.05, 4.69) is 20.5 Å². The van der Waals surface area contributed by atoms with Gasteiger partial charge in [-0.3, -0.25) is 10.1 Å². The normalized spacial score (nSPS) is 10.2. The summed E-state index contributed by atoms with van der Waals surface area (Å²) in [7, 11) is 0. The molecule has 2 N–H and O–H groups in total. The fourth-order valence-electron chi connectivity index (χ4n) is 1.36. The predicted octanol–water partition coefficient (Wildman–Crippen LogP) is 1.92. The third-order valence-corrected chi connectivity index (χ3v) is 2.80. The topological polar surface area (TPSA) is 70.7 Å². The molecular weight excluding hydrogens is 236 g/mol. The third kappa shape index (κ3) is 3.07. The van der Waals surface area contributed by atoms with Gasteiger partial charge in [-0.05, 0) is 24.0 Å². The Morgan fingerprint density at radius 2 is 2.18 bits per heavy atom. The first-order chi connectivity index (χ1) is 8.29. The second-order valence-electron chi connectivity index (χ2n) is 3.42. The molecule has 1 aromatic carbocycles. The first-order valence-corrected chi connectivity index (χ1v) is 6.43. The molecule has 0 unspecified atom stereocenters. The van der Waals surface area contributed by atoms with Crippen molar-refractivity contribution in [2.45, 2.75) is 5.75 Å². The average Bonchev–Trinajstić information content (AvgIpc) is 2.83. The molecule has 1 heterocycles. The standard InChI is InChI=1S/C11H12N4OS/c1-17-6-8-2-4-9(5-3-8)10(16)14-11-12-7-13-15-11/h2-5,7H,6H2,1H3,(H2,12,13,14,15,16). The number of rotatable bonds is 4. The molecule has 0 aliphatic rings. The summed E-state index contributed by atoms with van der Waals surface area (Å²) < 4.78 is 0. The van der Waals surface area contributed by atoms with E-state index in [1.54, 1.807) is 23.9 Å². The lowest BCUT2D eigenvalue weighted by Gasteiger charge is -2.03. The van der Waals surface area contributed by atoms with Crippen LogP contribution in [0.3, 0.4) is 0 Å². The zero-order chi connectivity index (χ0) is 12.1. The molecule has 88 valence electrons. The van der Waals surface area contributed by atoms with Crippen molar-refractivity contribution in [2.75, 3.05) is 11.6 Å². The van der Waals surface area contributed by atoms with E-state index >= 15 is 0 Å². The van der Waals surface area contributed by atoms with E-state index in [0.717, 1.165) is 5.75 Å². The van der Waals surface area contributed by atoms with E-state index < -0.39 is 0 Å². The molecule has 2 aromatic rings. The van der Waals surface area contributed by atoms with Gasteiger partial charge in [0.25, 0.3) is 5.91 Å². The number of carbonyl (C=O) groups is 1. The highest BCUT2D eigenvalue weighted by Gasteiger charge is 2.06. The summed E-state index contributed by atoms with van der Waals surface area (Å²) in [5.74, 6) is 1.10. The number of thioether (sulfide) groups is 1. The van der Waals surface area contributed by atoms with Gasteiger partial charge in [-0.15, -0.1) is 0 Å². The molecule has 0 radical (unpaired) electrons. The molecule has 0 fully saturated rings. The molecule has 5 nitrogen and oxygen atoms in total. The Labute approximate surface area is 103 Å². The van der Waals surface area contributed by atoms with Gasteiger partial charge in [-0.1, -0.05) is 12.1 Å². The maximum Gasteiger partial charge on any atom is 0.258 e. The zero-order valence-electron chi connectivity index (χ0n) is 9.30. The van der Waals surface area contributed by atoms with Gasteiger partial charge < -0.3 is 0 Å². The maximum atomic E-state index is 11.8. The third-order valence-electron chi connectivity index (χ3n) is 2.17.